The van der Waals surface area contributed by atoms with E-state index in [2.05, 4.69) is 34.3 Å². The molecule has 2 nitrogen and oxygen atoms in total. The van der Waals surface area contributed by atoms with Crippen LogP contribution >= 0.6 is 0 Å². The summed E-state index contributed by atoms with van der Waals surface area (Å²) >= 11 is 0. The first kappa shape index (κ1) is 5.89. The van der Waals surface area contributed by atoms with Crippen LogP contribution in [0.15, 0.2) is 24.5 Å². The molecule has 0 unspecified atom stereocenters. The van der Waals surface area contributed by atoms with Crippen molar-refractivity contribution in [1.29, 1.82) is 0 Å². The molecule has 1 aromatic heterocycles. The van der Waals surface area contributed by atoms with Gasteiger partial charge in [-0.25, -0.2) is 0 Å². The summed E-state index contributed by atoms with van der Waals surface area (Å²) in [6.45, 7) is 0. The zero-order chi connectivity index (χ0) is 7.97. The minimum Gasteiger partial charge on any atom is -0.253 e. The van der Waals surface area contributed by atoms with E-state index < -0.39 is 0 Å². The van der Waals surface area contributed by atoms with E-state index in [0.717, 1.165) is 11.0 Å². The Labute approximate surface area is 68.9 Å². The van der Waals surface area contributed by atoms with E-state index in [1.807, 2.05) is 0 Å². The molecule has 0 bridgehead atoms. The maximum absolute atomic E-state index is 4.22. The normalized spacial score (nSPS) is 12.7. The van der Waals surface area contributed by atoms with Crippen molar-refractivity contribution in [2.24, 2.45) is 0 Å². The molecule has 1 heterocycles. The second-order valence-electron chi connectivity index (χ2n) is 2.86. The zero-order valence-corrected chi connectivity index (χ0v) is 6.36. The third kappa shape index (κ3) is 0.639. The lowest BCUT2D eigenvalue weighted by molar-refractivity contribution is 1.28. The van der Waals surface area contributed by atoms with E-state index in [1.54, 1.807) is 12.4 Å². The van der Waals surface area contributed by atoms with Crippen LogP contribution in [0.3, 0.4) is 0 Å². The average Bonchev–Trinajstić information content (AvgIpc) is 2.09. The van der Waals surface area contributed by atoms with Crippen molar-refractivity contribution in [3.8, 4) is 0 Å². The maximum atomic E-state index is 4.22. The van der Waals surface area contributed by atoms with Gasteiger partial charge in [-0.1, -0.05) is 12.2 Å². The van der Waals surface area contributed by atoms with Crippen LogP contribution in [0.25, 0.3) is 23.2 Å². The molecule has 0 radical (unpaired) electrons. The van der Waals surface area contributed by atoms with Crippen LogP contribution in [0.1, 0.15) is 0 Å². The molecule has 1 aliphatic carbocycles. The number of benzene rings is 1. The van der Waals surface area contributed by atoms with Crippen molar-refractivity contribution >= 4 is 23.2 Å². The molecule has 12 heavy (non-hydrogen) atoms. The molecule has 1 aromatic carbocycles. The summed E-state index contributed by atoms with van der Waals surface area (Å²) in [4.78, 5) is 8.44. The summed E-state index contributed by atoms with van der Waals surface area (Å²) in [6.07, 6.45) is 7.61. The fraction of sp³-hybridized carbons (Fsp3) is 0. The van der Waals surface area contributed by atoms with Gasteiger partial charge in [-0.05, 0) is 22.6 Å². The highest BCUT2D eigenvalue weighted by molar-refractivity contribution is 5.79. The summed E-state index contributed by atoms with van der Waals surface area (Å²) in [6, 6.07) is 4.13. The van der Waals surface area contributed by atoms with Crippen LogP contribution in [0.4, 0.5) is 0 Å². The Morgan fingerprint density at radius 2 is 1.25 bits per heavy atom. The summed E-state index contributed by atoms with van der Waals surface area (Å²) in [7, 11) is 0. The third-order valence-electron chi connectivity index (χ3n) is 2.12. The number of hydrogen-bond acceptors (Lipinski definition) is 2. The smallest absolute Gasteiger partial charge is 0.0893 e. The molecule has 0 saturated carbocycles. The van der Waals surface area contributed by atoms with Gasteiger partial charge < -0.3 is 0 Å². The SMILES string of the molecule is C1=c2cc3nccnc3cc2=C1. The highest BCUT2D eigenvalue weighted by Gasteiger charge is 1.98. The van der Waals surface area contributed by atoms with E-state index >= 15 is 0 Å². The van der Waals surface area contributed by atoms with Gasteiger partial charge in [0.15, 0.2) is 0 Å². The van der Waals surface area contributed by atoms with Crippen molar-refractivity contribution in [2.75, 3.05) is 0 Å². The van der Waals surface area contributed by atoms with Crippen molar-refractivity contribution in [3.05, 3.63) is 35.0 Å². The molecule has 3 rings (SSSR count). The van der Waals surface area contributed by atoms with Crippen molar-refractivity contribution < 1.29 is 0 Å². The van der Waals surface area contributed by atoms with E-state index in [4.69, 9.17) is 0 Å². The van der Waals surface area contributed by atoms with Crippen LogP contribution < -0.4 is 10.4 Å². The summed E-state index contributed by atoms with van der Waals surface area (Å²) in [5.41, 5.74) is 1.95. The maximum Gasteiger partial charge on any atom is 0.0893 e. The first-order chi connectivity index (χ1) is 5.93. The number of fused-ring (bicyclic) bond motifs is 2. The molecule has 0 N–H and O–H groups in total. The van der Waals surface area contributed by atoms with Crippen molar-refractivity contribution in [1.82, 2.24) is 9.97 Å². The standard InChI is InChI=1S/C10H6N2/c1-2-8-6-10-9(5-7(1)8)11-3-4-12-10/h1-6H. The third-order valence-corrected chi connectivity index (χ3v) is 2.12. The predicted molar refractivity (Wildman–Crippen MR) is 47.7 cm³/mol. The number of aromatic nitrogens is 2. The molecule has 0 amide bonds. The van der Waals surface area contributed by atoms with Crippen molar-refractivity contribution in [3.63, 3.8) is 0 Å². The molecule has 2 heteroatoms. The van der Waals surface area contributed by atoms with Gasteiger partial charge >= 0.3 is 0 Å². The molecule has 1 aliphatic rings. The molecule has 56 valence electrons. The van der Waals surface area contributed by atoms with Crippen LogP contribution in [0.5, 0.6) is 0 Å². The Hall–Kier alpha value is -1.70. The second-order valence-corrected chi connectivity index (χ2v) is 2.86. The molecular weight excluding hydrogens is 148 g/mol. The lowest BCUT2D eigenvalue weighted by atomic mass is 10.1. The zero-order valence-electron chi connectivity index (χ0n) is 6.36. The summed E-state index contributed by atoms with van der Waals surface area (Å²) in [5, 5.41) is 2.53. The van der Waals surface area contributed by atoms with Gasteiger partial charge in [0.1, 0.15) is 0 Å². The number of rotatable bonds is 0. The van der Waals surface area contributed by atoms with Gasteiger partial charge in [-0.15, -0.1) is 0 Å². The molecule has 0 aliphatic heterocycles. The monoisotopic (exact) mass is 154 g/mol. The highest BCUT2D eigenvalue weighted by Crippen LogP contribution is 2.01. The van der Waals surface area contributed by atoms with Crippen molar-refractivity contribution in [2.45, 2.75) is 0 Å². The Bertz CT molecular complexity index is 517. The minimum atomic E-state index is 0.973. The lowest BCUT2D eigenvalue weighted by Crippen LogP contribution is -2.29. The number of nitrogens with zero attached hydrogens (tertiary/aromatic N) is 2. The fourth-order valence-electron chi connectivity index (χ4n) is 1.42. The summed E-state index contributed by atoms with van der Waals surface area (Å²) in [5.74, 6) is 0. The Morgan fingerprint density at radius 1 is 0.750 bits per heavy atom. The van der Waals surface area contributed by atoms with Crippen LogP contribution in [0, 0.1) is 0 Å². The van der Waals surface area contributed by atoms with Gasteiger partial charge in [0.2, 0.25) is 0 Å². The minimum absolute atomic E-state index is 0.973. The molecule has 0 atom stereocenters. The highest BCUT2D eigenvalue weighted by atomic mass is 14.8. The first-order valence-electron chi connectivity index (χ1n) is 3.86. The van der Waals surface area contributed by atoms with Crippen LogP contribution in [-0.4, -0.2) is 9.97 Å². The second kappa shape index (κ2) is 1.91. The average molecular weight is 154 g/mol. The predicted octanol–water partition coefficient (Wildman–Crippen LogP) is 0.204. The largest absolute Gasteiger partial charge is 0.253 e. The molecule has 0 spiro atoms. The summed E-state index contributed by atoms with van der Waals surface area (Å²) < 4.78 is 0. The Kier molecular flexibility index (Phi) is 0.939. The molecule has 2 aromatic rings. The van der Waals surface area contributed by atoms with E-state index in [0.29, 0.717) is 0 Å². The van der Waals surface area contributed by atoms with Gasteiger partial charge in [0.25, 0.3) is 0 Å². The topological polar surface area (TPSA) is 25.8 Å². The van der Waals surface area contributed by atoms with Gasteiger partial charge in [0.05, 0.1) is 11.0 Å². The first-order valence-corrected chi connectivity index (χ1v) is 3.86. The van der Waals surface area contributed by atoms with Crippen LogP contribution in [-0.2, 0) is 0 Å². The van der Waals surface area contributed by atoms with E-state index in [9.17, 15) is 0 Å². The molecule has 0 saturated heterocycles. The Balaban J connectivity index is 2.61. The van der Waals surface area contributed by atoms with Gasteiger partial charge in [-0.3, -0.25) is 9.97 Å². The lowest BCUT2D eigenvalue weighted by Gasteiger charge is -2.00. The molecular formula is C10H6N2. The number of hydrogen-bond donors (Lipinski definition) is 0. The van der Waals surface area contributed by atoms with Crippen LogP contribution in [0.2, 0.25) is 0 Å². The van der Waals surface area contributed by atoms with Gasteiger partial charge in [0, 0.05) is 12.4 Å². The quantitative estimate of drug-likeness (QED) is 0.542. The Morgan fingerprint density at radius 3 is 1.67 bits per heavy atom. The fourth-order valence-corrected chi connectivity index (χ4v) is 1.42. The van der Waals surface area contributed by atoms with E-state index in [1.165, 1.54) is 10.4 Å². The van der Waals surface area contributed by atoms with Gasteiger partial charge in [-0.2, -0.15) is 0 Å². The van der Waals surface area contributed by atoms with E-state index in [-0.39, 0.29) is 0 Å². The molecule has 0 fully saturated rings.